The number of aromatic nitrogens is 4. The number of hydrogen-bond acceptors (Lipinski definition) is 10. The highest BCUT2D eigenvalue weighted by Crippen LogP contribution is 2.55. The lowest BCUT2D eigenvalue weighted by atomic mass is 9.49. The number of aryl methyl sites for hydroxylation is 1. The van der Waals surface area contributed by atoms with Crippen molar-refractivity contribution in [3.8, 4) is 28.7 Å². The molecule has 5 aromatic rings. The van der Waals surface area contributed by atoms with E-state index in [9.17, 15) is 20.0 Å². The standard InChI is InChI=1S/C49H59ClN8O5/c1-47(2)44(48(3,4)45(47)63-35-14-12-31(25-51)39(50)24-35)55-42(59)33-26-53-46(54-27-33)58-21-19-57(20-22-58)18-8-9-32(30-10-11-30)29-62-40-15-13-34(49(5,6)61)23-37(40)38-28-56(7)43(60)41-36(38)16-17-52-41/h12-17,23-24,26-28,30,32,44-45,52,61H,8-11,18-22,29H2,1-7H3,(H,55,59). The molecule has 2 saturated carbocycles. The van der Waals surface area contributed by atoms with Crippen LogP contribution < -0.4 is 25.2 Å². The number of hydrogen-bond donors (Lipinski definition) is 3. The average Bonchev–Trinajstić information content (AvgIpc) is 3.99. The van der Waals surface area contributed by atoms with Crippen molar-refractivity contribution in [2.45, 2.75) is 85.0 Å². The lowest BCUT2D eigenvalue weighted by Crippen LogP contribution is -2.74. The summed E-state index contributed by atoms with van der Waals surface area (Å²) in [6, 6.07) is 14.8. The molecule has 1 unspecified atom stereocenters. The van der Waals surface area contributed by atoms with E-state index in [1.807, 2.05) is 30.5 Å². The molecule has 0 spiro atoms. The number of pyridine rings is 1. The van der Waals surface area contributed by atoms with Crippen molar-refractivity contribution in [2.75, 3.05) is 44.2 Å². The molecule has 332 valence electrons. The van der Waals surface area contributed by atoms with Gasteiger partial charge in [-0.1, -0.05) is 45.4 Å². The van der Waals surface area contributed by atoms with E-state index in [4.69, 9.17) is 21.1 Å². The summed E-state index contributed by atoms with van der Waals surface area (Å²) in [6.45, 7) is 16.9. The van der Waals surface area contributed by atoms with Gasteiger partial charge in [0, 0.05) is 97.5 Å². The van der Waals surface area contributed by atoms with Crippen LogP contribution >= 0.6 is 11.6 Å². The third kappa shape index (κ3) is 9.04. The van der Waals surface area contributed by atoms with Gasteiger partial charge in [-0.05, 0) is 93.8 Å². The fourth-order valence-corrected chi connectivity index (χ4v) is 10.3. The van der Waals surface area contributed by atoms with Crippen LogP contribution in [0.4, 0.5) is 5.95 Å². The van der Waals surface area contributed by atoms with Crippen molar-refractivity contribution in [3.05, 3.63) is 99.3 Å². The predicted octanol–water partition coefficient (Wildman–Crippen LogP) is 7.70. The third-order valence-electron chi connectivity index (χ3n) is 13.6. The number of fused-ring (bicyclic) bond motifs is 1. The summed E-state index contributed by atoms with van der Waals surface area (Å²) in [4.78, 5) is 43.4. The molecule has 3 N–H and O–H groups in total. The van der Waals surface area contributed by atoms with Gasteiger partial charge >= 0.3 is 0 Å². The number of halogens is 1. The Labute approximate surface area is 374 Å². The molecule has 3 aromatic heterocycles. The second-order valence-corrected chi connectivity index (χ2v) is 19.9. The fraction of sp³-hybridized carbons (Fsp3) is 0.490. The summed E-state index contributed by atoms with van der Waals surface area (Å²) >= 11 is 6.26. The highest BCUT2D eigenvalue weighted by Gasteiger charge is 2.64. The van der Waals surface area contributed by atoms with E-state index >= 15 is 0 Å². The van der Waals surface area contributed by atoms with E-state index in [0.717, 1.165) is 73.4 Å². The number of nitrogens with zero attached hydrogens (tertiary/aromatic N) is 6. The van der Waals surface area contributed by atoms with Crippen LogP contribution in [0.1, 0.15) is 88.7 Å². The van der Waals surface area contributed by atoms with E-state index in [-0.39, 0.29) is 34.4 Å². The molecule has 1 saturated heterocycles. The number of carbonyl (C=O) groups excluding carboxylic acids is 1. The number of nitrogens with one attached hydrogen (secondary N) is 2. The van der Waals surface area contributed by atoms with Crippen LogP contribution in [0.25, 0.3) is 22.0 Å². The topological polar surface area (TPSA) is 162 Å². The number of anilines is 1. The number of nitriles is 1. The van der Waals surface area contributed by atoms with Crippen LogP contribution in [0.15, 0.2) is 72.0 Å². The van der Waals surface area contributed by atoms with Gasteiger partial charge in [0.1, 0.15) is 29.2 Å². The number of aliphatic hydroxyl groups is 1. The van der Waals surface area contributed by atoms with Crippen molar-refractivity contribution >= 4 is 34.4 Å². The molecule has 3 fully saturated rings. The highest BCUT2D eigenvalue weighted by atomic mass is 35.5. The van der Waals surface area contributed by atoms with Gasteiger partial charge in [-0.15, -0.1) is 0 Å². The van der Waals surface area contributed by atoms with Gasteiger partial charge < -0.3 is 34.3 Å². The second kappa shape index (κ2) is 17.3. The van der Waals surface area contributed by atoms with Gasteiger partial charge in [0.05, 0.1) is 28.4 Å². The van der Waals surface area contributed by atoms with Gasteiger partial charge in [-0.2, -0.15) is 5.26 Å². The Kier molecular flexibility index (Phi) is 12.1. The molecule has 14 heteroatoms. The minimum atomic E-state index is -1.04. The second-order valence-electron chi connectivity index (χ2n) is 19.4. The molecule has 0 radical (unpaired) electrons. The maximum atomic E-state index is 13.5. The largest absolute Gasteiger partial charge is 0.493 e. The SMILES string of the molecule is Cn1cc(-c2cc(C(C)(C)O)ccc2OCC(CCCN2CCN(c3ncc(C(=O)NC4C(C)(C)C(Oc5ccc(C#N)c(Cl)c5)C4(C)C)cn3)CC2)C2CC2)c2cc[nH]c2c1=O. The maximum absolute atomic E-state index is 13.5. The zero-order valence-corrected chi connectivity index (χ0v) is 38.1. The van der Waals surface area contributed by atoms with Gasteiger partial charge in [0.15, 0.2) is 0 Å². The van der Waals surface area contributed by atoms with Gasteiger partial charge in [-0.3, -0.25) is 14.5 Å². The van der Waals surface area contributed by atoms with Crippen molar-refractivity contribution in [3.63, 3.8) is 0 Å². The van der Waals surface area contributed by atoms with Crippen LogP contribution in [0.5, 0.6) is 11.5 Å². The molecule has 4 heterocycles. The van der Waals surface area contributed by atoms with Gasteiger partial charge in [0.25, 0.3) is 11.5 Å². The van der Waals surface area contributed by atoms with Crippen LogP contribution in [0, 0.1) is 34.0 Å². The Morgan fingerprint density at radius 2 is 1.76 bits per heavy atom. The molecule has 0 bridgehead atoms. The Morgan fingerprint density at radius 1 is 1.05 bits per heavy atom. The number of rotatable bonds is 15. The molecule has 1 aliphatic heterocycles. The van der Waals surface area contributed by atoms with Crippen LogP contribution in [0.3, 0.4) is 0 Å². The number of amides is 1. The molecular weight excluding hydrogens is 816 g/mol. The van der Waals surface area contributed by atoms with Crippen molar-refractivity contribution in [1.29, 1.82) is 5.26 Å². The summed E-state index contributed by atoms with van der Waals surface area (Å²) in [5.41, 5.74) is 1.98. The Hall–Kier alpha value is -5.42. The first-order valence-corrected chi connectivity index (χ1v) is 22.5. The normalized spacial score (nSPS) is 20.2. The van der Waals surface area contributed by atoms with E-state index in [0.29, 0.717) is 51.8 Å². The van der Waals surface area contributed by atoms with Crippen LogP contribution in [-0.2, 0) is 12.6 Å². The van der Waals surface area contributed by atoms with Crippen molar-refractivity contribution in [2.24, 2.45) is 29.7 Å². The molecule has 3 aliphatic rings. The summed E-state index contributed by atoms with van der Waals surface area (Å²) in [7, 11) is 1.76. The van der Waals surface area contributed by atoms with Gasteiger partial charge in [0.2, 0.25) is 5.95 Å². The maximum Gasteiger partial charge on any atom is 0.274 e. The predicted molar refractivity (Wildman–Crippen MR) is 245 cm³/mol. The smallest absolute Gasteiger partial charge is 0.274 e. The quantitative estimate of drug-likeness (QED) is 0.0951. The zero-order chi connectivity index (χ0) is 44.8. The highest BCUT2D eigenvalue weighted by molar-refractivity contribution is 6.31. The van der Waals surface area contributed by atoms with Crippen LogP contribution in [0.2, 0.25) is 5.02 Å². The molecule has 63 heavy (non-hydrogen) atoms. The summed E-state index contributed by atoms with van der Waals surface area (Å²) < 4.78 is 14.6. The molecule has 13 nitrogen and oxygen atoms in total. The zero-order valence-electron chi connectivity index (χ0n) is 37.4. The van der Waals surface area contributed by atoms with E-state index in [2.05, 4.69) is 63.8 Å². The Morgan fingerprint density at radius 3 is 2.41 bits per heavy atom. The van der Waals surface area contributed by atoms with Crippen LogP contribution in [-0.4, -0.2) is 86.9 Å². The molecular formula is C49H59ClN8O5. The van der Waals surface area contributed by atoms with Crippen molar-refractivity contribution < 1.29 is 19.4 Å². The number of H-pyrrole nitrogens is 1. The Balaban J connectivity index is 0.822. The average molecular weight is 876 g/mol. The van der Waals surface area contributed by atoms with Crippen molar-refractivity contribution in [1.82, 2.24) is 29.7 Å². The Bertz CT molecular complexity index is 2560. The molecule has 1 atom stereocenters. The minimum Gasteiger partial charge on any atom is -0.493 e. The number of aromatic amines is 1. The lowest BCUT2D eigenvalue weighted by molar-refractivity contribution is -0.164. The molecule has 1 amide bonds. The fourth-order valence-electron chi connectivity index (χ4n) is 10.1. The molecule has 2 aliphatic carbocycles. The summed E-state index contributed by atoms with van der Waals surface area (Å²) in [5.74, 6) is 2.84. The minimum absolute atomic E-state index is 0.0894. The summed E-state index contributed by atoms with van der Waals surface area (Å²) in [6.07, 6.45) is 11.3. The summed E-state index contributed by atoms with van der Waals surface area (Å²) in [5, 5.41) is 24.5. The first-order chi connectivity index (χ1) is 29.9. The molecule has 8 rings (SSSR count). The first kappa shape index (κ1) is 44.2. The number of benzene rings is 2. The van der Waals surface area contributed by atoms with E-state index < -0.39 is 5.60 Å². The lowest BCUT2D eigenvalue weighted by Gasteiger charge is -2.63. The molecule has 2 aromatic carbocycles. The monoisotopic (exact) mass is 874 g/mol. The van der Waals surface area contributed by atoms with E-state index in [1.165, 1.54) is 12.8 Å². The number of piperazine rings is 1. The first-order valence-electron chi connectivity index (χ1n) is 22.1. The third-order valence-corrected chi connectivity index (χ3v) is 14.0. The van der Waals surface area contributed by atoms with E-state index in [1.54, 1.807) is 62.3 Å². The number of carbonyl (C=O) groups is 1. The number of ether oxygens (including phenoxy) is 2. The van der Waals surface area contributed by atoms with Gasteiger partial charge in [-0.25, -0.2) is 9.97 Å².